The topological polar surface area (TPSA) is 29.1 Å². The van der Waals surface area contributed by atoms with E-state index in [4.69, 9.17) is 11.6 Å². The summed E-state index contributed by atoms with van der Waals surface area (Å²) < 4.78 is 0.809. The molecule has 0 aromatic heterocycles. The van der Waals surface area contributed by atoms with E-state index in [1.54, 1.807) is 30.0 Å². The number of hydrogen-bond donors (Lipinski definition) is 1. The highest BCUT2D eigenvalue weighted by Gasteiger charge is 2.13. The molecular weight excluding hydrogens is 406 g/mol. The van der Waals surface area contributed by atoms with E-state index in [2.05, 4.69) is 21.2 Å². The minimum Gasteiger partial charge on any atom is -0.321 e. The van der Waals surface area contributed by atoms with Gasteiger partial charge >= 0.3 is 0 Å². The highest BCUT2D eigenvalue weighted by molar-refractivity contribution is 9.10. The quantitative estimate of drug-likeness (QED) is 0.523. The molecule has 0 unspecified atom stereocenters. The van der Waals surface area contributed by atoms with Gasteiger partial charge in [0.05, 0.1) is 16.3 Å². The maximum atomic E-state index is 12.6. The van der Waals surface area contributed by atoms with Crippen molar-refractivity contribution >= 4 is 50.9 Å². The number of carbonyl (C=O) groups is 1. The van der Waals surface area contributed by atoms with Crippen LogP contribution in [0, 0.1) is 0 Å². The van der Waals surface area contributed by atoms with E-state index in [0.717, 1.165) is 20.0 Å². The minimum absolute atomic E-state index is 0.234. The first-order chi connectivity index (χ1) is 11.6. The summed E-state index contributed by atoms with van der Waals surface area (Å²) in [5.41, 5.74) is 1.19. The van der Waals surface area contributed by atoms with Crippen LogP contribution in [0.4, 0.5) is 5.69 Å². The smallest absolute Gasteiger partial charge is 0.257 e. The third-order valence-corrected chi connectivity index (χ3v) is 5.19. The Morgan fingerprint density at radius 1 is 0.958 bits per heavy atom. The van der Waals surface area contributed by atoms with Crippen LogP contribution < -0.4 is 5.32 Å². The minimum atomic E-state index is -0.234. The highest BCUT2D eigenvalue weighted by Crippen LogP contribution is 2.33. The lowest BCUT2D eigenvalue weighted by atomic mass is 10.2. The Labute approximate surface area is 158 Å². The van der Waals surface area contributed by atoms with Gasteiger partial charge in [-0.1, -0.05) is 69.6 Å². The SMILES string of the molecule is O=C(Nc1ccccc1Sc1ccccc1)c1cc(Br)ccc1Cl. The first kappa shape index (κ1) is 17.1. The second-order valence-corrected chi connectivity index (χ2v) is 7.43. The van der Waals surface area contributed by atoms with E-state index in [-0.39, 0.29) is 5.91 Å². The molecule has 0 heterocycles. The molecule has 0 atom stereocenters. The molecular formula is C19H13BrClNOS. The van der Waals surface area contributed by atoms with Crippen molar-refractivity contribution in [2.45, 2.75) is 9.79 Å². The van der Waals surface area contributed by atoms with Gasteiger partial charge in [0, 0.05) is 14.3 Å². The van der Waals surface area contributed by atoms with Crippen LogP contribution in [-0.4, -0.2) is 5.91 Å². The summed E-state index contributed by atoms with van der Waals surface area (Å²) in [7, 11) is 0. The monoisotopic (exact) mass is 417 g/mol. The van der Waals surface area contributed by atoms with Gasteiger partial charge in [-0.2, -0.15) is 0 Å². The van der Waals surface area contributed by atoms with Gasteiger partial charge in [-0.25, -0.2) is 0 Å². The largest absolute Gasteiger partial charge is 0.321 e. The van der Waals surface area contributed by atoms with E-state index < -0.39 is 0 Å². The zero-order valence-corrected chi connectivity index (χ0v) is 15.7. The number of anilines is 1. The Morgan fingerprint density at radius 3 is 2.46 bits per heavy atom. The second kappa shape index (κ2) is 7.88. The molecule has 5 heteroatoms. The van der Waals surface area contributed by atoms with E-state index in [0.29, 0.717) is 10.6 Å². The summed E-state index contributed by atoms with van der Waals surface area (Å²) in [5.74, 6) is -0.234. The molecule has 0 aliphatic heterocycles. The van der Waals surface area contributed by atoms with Crippen LogP contribution in [0.1, 0.15) is 10.4 Å². The lowest BCUT2D eigenvalue weighted by Gasteiger charge is -2.11. The van der Waals surface area contributed by atoms with Gasteiger partial charge in [0.15, 0.2) is 0 Å². The van der Waals surface area contributed by atoms with Gasteiger partial charge < -0.3 is 5.32 Å². The average Bonchev–Trinajstić information content (AvgIpc) is 2.59. The van der Waals surface area contributed by atoms with E-state index in [9.17, 15) is 4.79 Å². The highest BCUT2D eigenvalue weighted by atomic mass is 79.9. The van der Waals surface area contributed by atoms with E-state index in [1.807, 2.05) is 54.6 Å². The van der Waals surface area contributed by atoms with Crippen molar-refractivity contribution in [3.63, 3.8) is 0 Å². The Balaban J connectivity index is 1.85. The normalized spacial score (nSPS) is 10.4. The van der Waals surface area contributed by atoms with Gasteiger partial charge in [0.2, 0.25) is 0 Å². The van der Waals surface area contributed by atoms with Crippen LogP contribution in [0.5, 0.6) is 0 Å². The second-order valence-electron chi connectivity index (χ2n) is 4.99. The predicted octanol–water partition coefficient (Wildman–Crippen LogP) is 6.51. The molecule has 0 aliphatic rings. The number of amides is 1. The van der Waals surface area contributed by atoms with Crippen LogP contribution in [0.15, 0.2) is 87.1 Å². The Morgan fingerprint density at radius 2 is 1.67 bits per heavy atom. The average molecular weight is 419 g/mol. The maximum absolute atomic E-state index is 12.6. The molecule has 0 saturated carbocycles. The molecule has 3 rings (SSSR count). The lowest BCUT2D eigenvalue weighted by molar-refractivity contribution is 0.102. The third kappa shape index (κ3) is 4.20. The van der Waals surface area contributed by atoms with Crippen molar-refractivity contribution in [1.82, 2.24) is 0 Å². The number of para-hydroxylation sites is 1. The van der Waals surface area contributed by atoms with E-state index >= 15 is 0 Å². The molecule has 0 bridgehead atoms. The zero-order valence-electron chi connectivity index (χ0n) is 12.5. The van der Waals surface area contributed by atoms with Crippen LogP contribution in [0.25, 0.3) is 0 Å². The zero-order chi connectivity index (χ0) is 16.9. The molecule has 0 aliphatic carbocycles. The van der Waals surface area contributed by atoms with Crippen molar-refractivity contribution < 1.29 is 4.79 Å². The van der Waals surface area contributed by atoms with Crippen molar-refractivity contribution in [3.8, 4) is 0 Å². The molecule has 1 N–H and O–H groups in total. The standard InChI is InChI=1S/C19H13BrClNOS/c20-13-10-11-16(21)15(12-13)19(23)22-17-8-4-5-9-18(17)24-14-6-2-1-3-7-14/h1-12H,(H,22,23). The number of carbonyl (C=O) groups excluding carboxylic acids is 1. The van der Waals surface area contributed by atoms with Crippen molar-refractivity contribution in [3.05, 3.63) is 87.9 Å². The maximum Gasteiger partial charge on any atom is 0.257 e. The molecule has 120 valence electrons. The first-order valence-corrected chi connectivity index (χ1v) is 9.20. The summed E-state index contributed by atoms with van der Waals surface area (Å²) in [6, 6.07) is 23.0. The fraction of sp³-hybridized carbons (Fsp3) is 0. The number of rotatable bonds is 4. The summed E-state index contributed by atoms with van der Waals surface area (Å²) in [6.07, 6.45) is 0. The molecule has 3 aromatic rings. The molecule has 0 saturated heterocycles. The molecule has 0 radical (unpaired) electrons. The van der Waals surface area contributed by atoms with Crippen molar-refractivity contribution in [2.75, 3.05) is 5.32 Å². The van der Waals surface area contributed by atoms with Crippen LogP contribution in [0.3, 0.4) is 0 Å². The molecule has 0 fully saturated rings. The summed E-state index contributed by atoms with van der Waals surface area (Å²) in [4.78, 5) is 14.7. The van der Waals surface area contributed by atoms with Gasteiger partial charge in [-0.05, 0) is 42.5 Å². The van der Waals surface area contributed by atoms with Crippen LogP contribution in [-0.2, 0) is 0 Å². The summed E-state index contributed by atoms with van der Waals surface area (Å²) in [5, 5.41) is 3.37. The van der Waals surface area contributed by atoms with Crippen molar-refractivity contribution in [2.24, 2.45) is 0 Å². The summed E-state index contributed by atoms with van der Waals surface area (Å²) in [6.45, 7) is 0. The lowest BCUT2D eigenvalue weighted by Crippen LogP contribution is -2.13. The predicted molar refractivity (Wildman–Crippen MR) is 104 cm³/mol. The number of hydrogen-bond acceptors (Lipinski definition) is 2. The van der Waals surface area contributed by atoms with Crippen LogP contribution in [0.2, 0.25) is 5.02 Å². The van der Waals surface area contributed by atoms with E-state index in [1.165, 1.54) is 0 Å². The Bertz CT molecular complexity index is 870. The molecule has 0 spiro atoms. The van der Waals surface area contributed by atoms with Gasteiger partial charge in [-0.15, -0.1) is 0 Å². The fourth-order valence-corrected chi connectivity index (χ4v) is 3.62. The van der Waals surface area contributed by atoms with Crippen molar-refractivity contribution in [1.29, 1.82) is 0 Å². The first-order valence-electron chi connectivity index (χ1n) is 7.22. The fourth-order valence-electron chi connectivity index (χ4n) is 2.14. The number of nitrogens with one attached hydrogen (secondary N) is 1. The van der Waals surface area contributed by atoms with Crippen LogP contribution >= 0.6 is 39.3 Å². The van der Waals surface area contributed by atoms with Gasteiger partial charge in [0.1, 0.15) is 0 Å². The number of benzene rings is 3. The summed E-state index contributed by atoms with van der Waals surface area (Å²) >= 11 is 11.1. The van der Waals surface area contributed by atoms with Gasteiger partial charge in [-0.3, -0.25) is 4.79 Å². The molecule has 2 nitrogen and oxygen atoms in total. The number of halogens is 2. The molecule has 1 amide bonds. The Kier molecular flexibility index (Phi) is 5.61. The molecule has 24 heavy (non-hydrogen) atoms. The molecule has 3 aromatic carbocycles. The third-order valence-electron chi connectivity index (χ3n) is 3.28. The van der Waals surface area contributed by atoms with Gasteiger partial charge in [0.25, 0.3) is 5.91 Å². The Hall–Kier alpha value is -1.75.